The molecule has 11 heteroatoms. The second-order valence-corrected chi connectivity index (χ2v) is 3.80. The Balaban J connectivity index is 0.000000425. The molecule has 0 saturated carbocycles. The minimum Gasteiger partial charge on any atom is -0.576 e. The van der Waals surface area contributed by atoms with Crippen LogP contribution in [-0.2, 0) is 51.3 Å². The molecule has 0 radical (unpaired) electrons. The third kappa shape index (κ3) is 4.81. The molecule has 2 fully saturated rings. The molecule has 0 aliphatic carbocycles. The Kier molecular flexibility index (Phi) is 1.74. The van der Waals surface area contributed by atoms with Gasteiger partial charge in [0.2, 0.25) is 6.30 Å². The average Bonchev–Trinajstić information content (AvgIpc) is 3.34. The van der Waals surface area contributed by atoms with Crippen LogP contribution in [0.25, 0.3) is 0 Å². The normalized spacial score (nSPS) is 32.6. The van der Waals surface area contributed by atoms with E-state index < -0.39 is 95.3 Å². The summed E-state index contributed by atoms with van der Waals surface area (Å²) in [5.74, 6) is -5.49. The molecule has 0 unspecified atom stereocenters. The van der Waals surface area contributed by atoms with Gasteiger partial charge in [-0.15, -0.1) is 0 Å². The fourth-order valence-corrected chi connectivity index (χ4v) is 1.31. The second-order valence-electron chi connectivity index (χ2n) is 3.80. The summed E-state index contributed by atoms with van der Waals surface area (Å²) >= 11 is 0. The van der Waals surface area contributed by atoms with E-state index in [-0.39, 0.29) is 9.13 Å². The maximum Gasteiger partial charge on any atom is 0.786 e. The van der Waals surface area contributed by atoms with E-state index in [2.05, 4.69) is 18.6 Å². The van der Waals surface area contributed by atoms with Crippen molar-refractivity contribution in [2.45, 2.75) is 38.8 Å². The van der Waals surface area contributed by atoms with Crippen molar-refractivity contribution in [3.05, 3.63) is 18.6 Å². The summed E-state index contributed by atoms with van der Waals surface area (Å²) in [7, 11) is 0. The van der Waals surface area contributed by atoms with Gasteiger partial charge >= 0.3 is 30.8 Å². The molecule has 10 nitrogen and oxygen atoms in total. The van der Waals surface area contributed by atoms with Gasteiger partial charge in [-0.05, 0) is 12.7 Å². The standard InChI is InChI=1S/C10H19N2.C4BO8/c1-3-4-5-6-7-12-9-8-11(2)10-12;6-1-2(7)11-5(10-1)12-3(8)4(9)13-5/h8-10H,3-7H2,1-2H3;/q+1;-1/i1D3,2D3,3D2,4D2,5D2,6D2,7D2,8D,9D,10D;. The van der Waals surface area contributed by atoms with Gasteiger partial charge in [0, 0.05) is 15.1 Å². The second kappa shape index (κ2) is 7.82. The zero-order valence-corrected chi connectivity index (χ0v) is 11.7. The van der Waals surface area contributed by atoms with E-state index in [4.69, 9.17) is 26.0 Å². The van der Waals surface area contributed by atoms with Crippen LogP contribution >= 0.6 is 0 Å². The Bertz CT molecular complexity index is 1330. The predicted octanol–water partition coefficient (Wildman–Crippen LogP) is -0.485. The third-order valence-electron chi connectivity index (χ3n) is 2.17. The van der Waals surface area contributed by atoms with Gasteiger partial charge in [0.15, 0.2) is 1.37 Å². The van der Waals surface area contributed by atoms with Crippen molar-refractivity contribution in [3.8, 4) is 0 Å². The summed E-state index contributed by atoms with van der Waals surface area (Å²) in [5.41, 5.74) is 0. The van der Waals surface area contributed by atoms with E-state index in [0.717, 1.165) is 0 Å². The van der Waals surface area contributed by atoms with Gasteiger partial charge in [-0.1, -0.05) is 19.6 Å². The minimum absolute atomic E-state index is 0.116. The van der Waals surface area contributed by atoms with Crippen LogP contribution in [0.1, 0.15) is 58.4 Å². The van der Waals surface area contributed by atoms with E-state index in [0.29, 0.717) is 0 Å². The van der Waals surface area contributed by atoms with Crippen LogP contribution in [0.5, 0.6) is 0 Å². The van der Waals surface area contributed by atoms with E-state index in [9.17, 15) is 19.2 Å². The summed E-state index contributed by atoms with van der Waals surface area (Å²) in [6, 6.07) is 0. The summed E-state index contributed by atoms with van der Waals surface area (Å²) in [6.07, 6.45) is -20.7. The Morgan fingerprint density at radius 1 is 1.08 bits per heavy atom. The number of rotatable bonds is 5. The summed E-state index contributed by atoms with van der Waals surface area (Å²) < 4.78 is 161. The van der Waals surface area contributed by atoms with Crippen LogP contribution < -0.4 is 4.57 Å². The first-order valence-electron chi connectivity index (χ1n) is 15.4. The average molecular weight is 373 g/mol. The highest BCUT2D eigenvalue weighted by Crippen LogP contribution is 2.24. The third-order valence-corrected chi connectivity index (χ3v) is 2.17. The van der Waals surface area contributed by atoms with Crippen molar-refractivity contribution < 1.29 is 68.4 Å². The fraction of sp³-hybridized carbons (Fsp3) is 0.500. The Labute approximate surface area is 170 Å². The summed E-state index contributed by atoms with van der Waals surface area (Å²) in [4.78, 5) is 41.9. The van der Waals surface area contributed by atoms with Gasteiger partial charge < -0.3 is 18.6 Å². The first-order chi connectivity index (χ1) is 19.2. The van der Waals surface area contributed by atoms with Crippen molar-refractivity contribution in [2.75, 3.05) is 0 Å². The van der Waals surface area contributed by atoms with E-state index in [1.54, 1.807) is 0 Å². The highest BCUT2D eigenvalue weighted by molar-refractivity contribution is 6.73. The predicted molar refractivity (Wildman–Crippen MR) is 79.9 cm³/mol. The lowest BCUT2D eigenvalue weighted by atomic mass is 10.1. The van der Waals surface area contributed by atoms with Crippen LogP contribution in [0.15, 0.2) is 18.6 Å². The molecule has 1 spiro atoms. The number of hydrogen-bond donors (Lipinski definition) is 0. The number of hydrogen-bond acceptors (Lipinski definition) is 8. The van der Waals surface area contributed by atoms with Gasteiger partial charge in [0.25, 0.3) is 0 Å². The fourth-order valence-electron chi connectivity index (χ4n) is 1.31. The van der Waals surface area contributed by atoms with E-state index in [1.807, 2.05) is 0 Å². The van der Waals surface area contributed by atoms with Gasteiger partial charge in [0.1, 0.15) is 15.1 Å². The summed E-state index contributed by atoms with van der Waals surface area (Å²) in [6.45, 7) is -14.3. The van der Waals surface area contributed by atoms with Crippen molar-refractivity contribution >= 4 is 30.8 Å². The number of carbonyl (C=O) groups excluding carboxylic acids is 4. The van der Waals surface area contributed by atoms with Crippen molar-refractivity contribution in [1.82, 2.24) is 4.57 Å². The quantitative estimate of drug-likeness (QED) is 0.386. The smallest absolute Gasteiger partial charge is 0.576 e. The van der Waals surface area contributed by atoms with Crippen molar-refractivity contribution in [3.63, 3.8) is 0 Å². The number of imidazole rings is 1. The monoisotopic (exact) mass is 373 g/mol. The molecule has 3 rings (SSSR count). The van der Waals surface area contributed by atoms with Gasteiger partial charge in [0.05, 0.1) is 20.3 Å². The number of carbonyl (C=O) groups is 4. The van der Waals surface area contributed by atoms with Gasteiger partial charge in [-0.25, -0.2) is 28.3 Å². The van der Waals surface area contributed by atoms with Gasteiger partial charge in [-0.3, -0.25) is 0 Å². The van der Waals surface area contributed by atoms with Crippen molar-refractivity contribution in [2.24, 2.45) is 6.98 Å². The molecular weight excluding hydrogens is 335 g/mol. The van der Waals surface area contributed by atoms with E-state index in [1.165, 1.54) is 0 Å². The maximum absolute atomic E-state index is 10.5. The zero-order chi connectivity index (χ0) is 35.0. The SMILES string of the molecule is O=C1O[B-]2(OC1=O)OC(=O)C(=O)O2.[2H]c1c([2H])[n+](C([2H])([2H])C([2H])([2H])C([2H])([2H])C([2H])([2H])C([2H])([2H])C([2H])([2H])[2H])c([2H])n1C([2H])([2H])[2H]. The highest BCUT2D eigenvalue weighted by Gasteiger charge is 2.60. The lowest BCUT2D eigenvalue weighted by Gasteiger charge is -2.21. The van der Waals surface area contributed by atoms with Crippen LogP contribution in [0.4, 0.5) is 0 Å². The Morgan fingerprint density at radius 2 is 1.68 bits per heavy atom. The summed E-state index contributed by atoms with van der Waals surface area (Å²) in [5, 5.41) is 0. The first-order valence-corrected chi connectivity index (χ1v) is 5.92. The zero-order valence-electron chi connectivity index (χ0n) is 30.7. The molecule has 0 atom stereocenters. The van der Waals surface area contributed by atoms with Gasteiger partial charge in [-0.2, -0.15) is 0 Å². The molecule has 25 heavy (non-hydrogen) atoms. The lowest BCUT2D eigenvalue weighted by Crippen LogP contribution is -2.40. The number of nitrogens with zero attached hydrogens (tertiary/aromatic N) is 2. The number of aromatic nitrogens is 2. The molecule has 1 aromatic rings. The molecule has 0 bridgehead atoms. The van der Waals surface area contributed by atoms with Crippen LogP contribution in [-0.4, -0.2) is 35.4 Å². The molecule has 2 aliphatic heterocycles. The lowest BCUT2D eigenvalue weighted by molar-refractivity contribution is -0.696. The van der Waals surface area contributed by atoms with Crippen molar-refractivity contribution in [1.29, 1.82) is 0 Å². The van der Waals surface area contributed by atoms with E-state index >= 15 is 0 Å². The van der Waals surface area contributed by atoms with Crippen LogP contribution in [0.3, 0.4) is 0 Å². The molecule has 0 amide bonds. The maximum atomic E-state index is 10.5. The van der Waals surface area contributed by atoms with Crippen LogP contribution in [0, 0.1) is 0 Å². The largest absolute Gasteiger partial charge is 0.786 e. The highest BCUT2D eigenvalue weighted by atomic mass is 17.0. The molecule has 3 heterocycles. The molecule has 136 valence electrons. The molecule has 2 saturated heterocycles. The molecule has 1 aromatic heterocycles. The Hall–Kier alpha value is -2.85. The molecule has 0 N–H and O–H groups in total. The molecular formula is C14H19BN2O8. The minimum atomic E-state index is -4.25. The Morgan fingerprint density at radius 3 is 2.16 bits per heavy atom. The molecule has 0 aromatic carbocycles. The first kappa shape index (κ1) is 5.58. The van der Waals surface area contributed by atoms with Crippen LogP contribution in [0.2, 0.25) is 0 Å². The molecule has 2 aliphatic rings. The topological polar surface area (TPSA) is 114 Å².